The minimum atomic E-state index is -1.68. The molecule has 75 heavy (non-hydrogen) atoms. The van der Waals surface area contributed by atoms with Crippen molar-refractivity contribution in [2.45, 2.75) is 194 Å². The Bertz CT molecular complexity index is 2020. The van der Waals surface area contributed by atoms with Gasteiger partial charge >= 0.3 is 11.9 Å². The molecule has 0 aliphatic carbocycles. The lowest BCUT2D eigenvalue weighted by molar-refractivity contribution is -0.144. The van der Waals surface area contributed by atoms with Gasteiger partial charge in [-0.2, -0.15) is 0 Å². The molecule has 1 heterocycles. The quantitative estimate of drug-likeness (QED) is 0.0334. The number of aliphatic carboxylic acids is 2. The largest absolute Gasteiger partial charge is 0.481 e. The van der Waals surface area contributed by atoms with Crippen molar-refractivity contribution in [3.05, 3.63) is 0 Å². The zero-order valence-corrected chi connectivity index (χ0v) is 45.3. The maximum absolute atomic E-state index is 14.2. The summed E-state index contributed by atoms with van der Waals surface area (Å²) in [4.78, 5) is 159. The predicted molar refractivity (Wildman–Crippen MR) is 272 cm³/mol. The number of amides is 10. The molecule has 1 aliphatic rings. The van der Waals surface area contributed by atoms with Crippen LogP contribution in [0.4, 0.5) is 0 Å². The molecule has 1 fully saturated rings. The van der Waals surface area contributed by atoms with Crippen LogP contribution >= 0.6 is 0 Å². The molecule has 0 spiro atoms. The second-order valence-corrected chi connectivity index (χ2v) is 20.6. The number of carbonyl (C=O) groups is 12. The van der Waals surface area contributed by atoms with Crippen LogP contribution in [-0.4, -0.2) is 165 Å². The Labute approximate surface area is 438 Å². The number of hydrogen-bond acceptors (Lipinski definition) is 14. The van der Waals surface area contributed by atoms with Crippen LogP contribution in [0.1, 0.15) is 134 Å². The van der Waals surface area contributed by atoms with E-state index in [4.69, 9.17) is 11.5 Å². The van der Waals surface area contributed by atoms with E-state index in [1.54, 1.807) is 69.2 Å². The first-order chi connectivity index (χ1) is 34.9. The molecular weight excluding hydrogens is 983 g/mol. The van der Waals surface area contributed by atoms with Gasteiger partial charge in [-0.1, -0.05) is 82.1 Å². The van der Waals surface area contributed by atoms with Gasteiger partial charge in [-0.25, -0.2) is 4.79 Å². The Morgan fingerprint density at radius 3 is 1.39 bits per heavy atom. The number of aliphatic hydroxyl groups excluding tert-OH is 1. The lowest BCUT2D eigenvalue weighted by Gasteiger charge is -2.32. The summed E-state index contributed by atoms with van der Waals surface area (Å²) in [5.74, 6) is -13.2. The number of nitrogens with two attached hydrogens (primary N) is 2. The molecule has 1 saturated heterocycles. The highest BCUT2D eigenvalue weighted by molar-refractivity contribution is 5.99. The Morgan fingerprint density at radius 2 is 0.987 bits per heavy atom. The summed E-state index contributed by atoms with van der Waals surface area (Å²) in [7, 11) is 0. The number of carbonyl (C=O) groups excluding carboxylic acids is 10. The molecule has 26 heteroatoms. The van der Waals surface area contributed by atoms with Crippen molar-refractivity contribution in [2.75, 3.05) is 13.2 Å². The molecule has 0 bridgehead atoms. The lowest BCUT2D eigenvalue weighted by Crippen LogP contribution is -2.62. The highest BCUT2D eigenvalue weighted by Crippen LogP contribution is 2.22. The number of nitrogens with one attached hydrogen (secondary N) is 8. The third kappa shape index (κ3) is 22.1. The molecule has 15 N–H and O–H groups in total. The van der Waals surface area contributed by atoms with Gasteiger partial charge in [0, 0.05) is 13.0 Å². The number of primary amides is 1. The smallest absolute Gasteiger partial charge is 0.326 e. The van der Waals surface area contributed by atoms with Crippen LogP contribution in [-0.2, 0) is 57.5 Å². The molecule has 0 unspecified atom stereocenters. The van der Waals surface area contributed by atoms with E-state index in [0.29, 0.717) is 19.3 Å². The van der Waals surface area contributed by atoms with Crippen molar-refractivity contribution in [3.8, 4) is 0 Å². The van der Waals surface area contributed by atoms with Crippen molar-refractivity contribution in [2.24, 2.45) is 41.1 Å². The summed E-state index contributed by atoms with van der Waals surface area (Å²) >= 11 is 0. The van der Waals surface area contributed by atoms with Crippen LogP contribution in [0.3, 0.4) is 0 Å². The molecule has 426 valence electrons. The average Bonchev–Trinajstić information content (AvgIpc) is 3.82. The number of carboxylic acid groups (broad SMARTS) is 2. The maximum Gasteiger partial charge on any atom is 0.326 e. The minimum Gasteiger partial charge on any atom is -0.481 e. The highest BCUT2D eigenvalue weighted by Gasteiger charge is 2.42. The van der Waals surface area contributed by atoms with Gasteiger partial charge in [0.15, 0.2) is 0 Å². The normalized spacial score (nSPS) is 17.8. The zero-order chi connectivity index (χ0) is 57.6. The summed E-state index contributed by atoms with van der Waals surface area (Å²) in [5.41, 5.74) is 10.9. The second kappa shape index (κ2) is 32.1. The number of likely N-dealkylation sites (tertiary alicyclic amines) is 1. The molecule has 10 amide bonds. The van der Waals surface area contributed by atoms with Gasteiger partial charge in [0.05, 0.1) is 19.1 Å². The second-order valence-electron chi connectivity index (χ2n) is 20.6. The van der Waals surface area contributed by atoms with Crippen molar-refractivity contribution < 1.29 is 72.9 Å². The summed E-state index contributed by atoms with van der Waals surface area (Å²) in [6.45, 7) is 17.6. The van der Waals surface area contributed by atoms with E-state index in [-0.39, 0.29) is 44.1 Å². The Morgan fingerprint density at radius 1 is 0.560 bits per heavy atom. The molecule has 0 saturated carbocycles. The number of aliphatic hydroxyl groups is 1. The topological polar surface area (TPSA) is 417 Å². The van der Waals surface area contributed by atoms with Gasteiger partial charge in [0.25, 0.3) is 0 Å². The summed E-state index contributed by atoms with van der Waals surface area (Å²) < 4.78 is 0. The molecule has 1 aliphatic heterocycles. The van der Waals surface area contributed by atoms with Crippen molar-refractivity contribution >= 4 is 71.0 Å². The Balaban J connectivity index is 3.36. The maximum atomic E-state index is 14.2. The van der Waals surface area contributed by atoms with Crippen molar-refractivity contribution in [3.63, 3.8) is 0 Å². The summed E-state index contributed by atoms with van der Waals surface area (Å²) in [6, 6.07) is -13.3. The first-order valence-electron chi connectivity index (χ1n) is 25.7. The fourth-order valence-corrected chi connectivity index (χ4v) is 8.09. The Kier molecular flexibility index (Phi) is 28.5. The van der Waals surface area contributed by atoms with E-state index in [1.165, 1.54) is 11.8 Å². The molecule has 0 aromatic rings. The van der Waals surface area contributed by atoms with Gasteiger partial charge in [-0.15, -0.1) is 0 Å². The SMILES string of the molecule is CC[C@H](C)[C@H](NC(=O)[C@H](C)N)C(=O)N[C@@H](CCC(=O)O)C(=O)N1CCC[C@H]1C(=O)N[C@H](C(=O)N[C@@H](CC(C)C)C(=O)N[C@@H](CO)C(=O)N[C@H](C(=O)N[C@@H](CC(C)C)C(=O)N[C@@H](CC(N)=O)C(=O)O)[C@@H](C)CC)C(C)C. The fraction of sp³-hybridized carbons (Fsp3) is 0.755. The van der Waals surface area contributed by atoms with Crippen LogP contribution in [0.15, 0.2) is 0 Å². The monoisotopic (exact) mass is 1070 g/mol. The van der Waals surface area contributed by atoms with Gasteiger partial charge in [-0.3, -0.25) is 52.7 Å². The summed E-state index contributed by atoms with van der Waals surface area (Å²) in [5, 5.41) is 49.6. The predicted octanol–water partition coefficient (Wildman–Crippen LogP) is -2.14. The third-order valence-corrected chi connectivity index (χ3v) is 12.9. The van der Waals surface area contributed by atoms with E-state index in [1.807, 2.05) is 0 Å². The average molecular weight is 1070 g/mol. The molecule has 26 nitrogen and oxygen atoms in total. The van der Waals surface area contributed by atoms with Crippen molar-refractivity contribution in [1.29, 1.82) is 0 Å². The van der Waals surface area contributed by atoms with Gasteiger partial charge < -0.3 is 74.2 Å². The zero-order valence-electron chi connectivity index (χ0n) is 45.3. The fourth-order valence-electron chi connectivity index (χ4n) is 8.09. The molecule has 12 atom stereocenters. The molecule has 0 aromatic carbocycles. The van der Waals surface area contributed by atoms with E-state index in [2.05, 4.69) is 42.5 Å². The third-order valence-electron chi connectivity index (χ3n) is 12.9. The van der Waals surface area contributed by atoms with Gasteiger partial charge in [0.1, 0.15) is 54.4 Å². The summed E-state index contributed by atoms with van der Waals surface area (Å²) in [6.07, 6.45) is -0.297. The first-order valence-corrected chi connectivity index (χ1v) is 25.7. The molecular formula is C49H85N11O15. The number of carboxylic acids is 2. The van der Waals surface area contributed by atoms with Crippen LogP contribution in [0.25, 0.3) is 0 Å². The van der Waals surface area contributed by atoms with E-state index >= 15 is 0 Å². The standard InChI is InChI=1S/C49H85N11O15/c1-12-26(9)38(58-40(65)28(11)50)46(71)52-29(16-17-36(63)64)48(73)60-18-14-15-34(60)44(69)57-37(25(7)8)45(70)53-31(20-24(5)6)42(67)56-33(22-61)43(68)59-39(27(10)13-2)47(72)54-30(19-23(3)4)41(66)55-32(49(74)75)21-35(51)62/h23-34,37-39,61H,12-22,50H2,1-11H3,(H2,51,62)(H,52,71)(H,53,70)(H,54,72)(H,55,66)(H,56,67)(H,57,69)(H,58,65)(H,59,68)(H,63,64)(H,74,75)/t26-,27-,28-,29-,30-,31-,32-,33-,34-,37-,38-,39-/m0/s1. The molecule has 0 radical (unpaired) electrons. The van der Waals surface area contributed by atoms with Crippen LogP contribution < -0.4 is 54.0 Å². The minimum absolute atomic E-state index is 0.0106. The van der Waals surface area contributed by atoms with E-state index < -0.39 is 169 Å². The molecule has 0 aromatic heterocycles. The highest BCUT2D eigenvalue weighted by atomic mass is 16.4. The van der Waals surface area contributed by atoms with Crippen LogP contribution in [0.5, 0.6) is 0 Å². The number of nitrogens with zero attached hydrogens (tertiary/aromatic N) is 1. The van der Waals surface area contributed by atoms with E-state index in [9.17, 15) is 72.9 Å². The molecule has 1 rings (SSSR count). The van der Waals surface area contributed by atoms with Gasteiger partial charge in [0.2, 0.25) is 59.1 Å². The number of rotatable bonds is 33. The Hall–Kier alpha value is -6.44. The van der Waals surface area contributed by atoms with E-state index in [0.717, 1.165) is 0 Å². The number of hydrogen-bond donors (Lipinski definition) is 13. The van der Waals surface area contributed by atoms with Crippen molar-refractivity contribution in [1.82, 2.24) is 47.4 Å². The van der Waals surface area contributed by atoms with Crippen LogP contribution in [0, 0.1) is 29.6 Å². The van der Waals surface area contributed by atoms with Gasteiger partial charge in [-0.05, 0) is 68.6 Å². The lowest BCUT2D eigenvalue weighted by atomic mass is 9.96. The van der Waals surface area contributed by atoms with Crippen LogP contribution in [0.2, 0.25) is 0 Å². The first kappa shape index (κ1) is 66.6.